The van der Waals surface area contributed by atoms with Gasteiger partial charge in [-0.25, -0.2) is 18.0 Å². The lowest BCUT2D eigenvalue weighted by Gasteiger charge is -2.18. The smallest absolute Gasteiger partial charge is 0.341 e. The summed E-state index contributed by atoms with van der Waals surface area (Å²) in [6.45, 7) is 6.40. The average Bonchev–Trinajstić information content (AvgIpc) is 2.79. The van der Waals surface area contributed by atoms with E-state index in [4.69, 9.17) is 18.9 Å². The standard InChI is InChI=1S/C23H31N3O8S/c1-6-32-19-10-9-16(12-17(19)22(27)31-4)25-23(28)24-14-15-11-21(34-8-3)18(26-35(5,29)30)13-20(15)33-7-2/h9-13,26H,6-8,14H2,1-5H3,(H2,24,25,28). The van der Waals surface area contributed by atoms with Crippen LogP contribution in [0.25, 0.3) is 0 Å². The van der Waals surface area contributed by atoms with Crippen LogP contribution < -0.4 is 29.6 Å². The Kier molecular flexibility index (Phi) is 10.0. The Balaban J connectivity index is 2.22. The number of urea groups is 1. The molecule has 2 aromatic carbocycles. The SMILES string of the molecule is CCOc1cc(NS(C)(=O)=O)c(OCC)cc1CNC(=O)Nc1ccc(OCC)c(C(=O)OC)c1. The highest BCUT2D eigenvalue weighted by molar-refractivity contribution is 7.92. The van der Waals surface area contributed by atoms with Crippen LogP contribution in [0.1, 0.15) is 36.7 Å². The maximum Gasteiger partial charge on any atom is 0.341 e. The molecule has 11 nitrogen and oxygen atoms in total. The first-order valence-electron chi connectivity index (χ1n) is 10.9. The van der Waals surface area contributed by atoms with Crippen LogP contribution in [0.2, 0.25) is 0 Å². The molecule has 0 aliphatic rings. The summed E-state index contributed by atoms with van der Waals surface area (Å²) in [5.41, 5.74) is 1.35. The summed E-state index contributed by atoms with van der Waals surface area (Å²) in [6, 6.07) is 7.21. The van der Waals surface area contributed by atoms with Gasteiger partial charge >= 0.3 is 12.0 Å². The highest BCUT2D eigenvalue weighted by Gasteiger charge is 2.17. The molecule has 0 saturated heterocycles. The fraction of sp³-hybridized carbons (Fsp3) is 0.391. The summed E-state index contributed by atoms with van der Waals surface area (Å²) >= 11 is 0. The van der Waals surface area contributed by atoms with Gasteiger partial charge in [-0.1, -0.05) is 0 Å². The van der Waals surface area contributed by atoms with Gasteiger partial charge in [0.15, 0.2) is 0 Å². The number of ether oxygens (including phenoxy) is 4. The Morgan fingerprint density at radius 1 is 0.886 bits per heavy atom. The number of rotatable bonds is 12. The van der Waals surface area contributed by atoms with Gasteiger partial charge in [0.25, 0.3) is 0 Å². The molecule has 192 valence electrons. The summed E-state index contributed by atoms with van der Waals surface area (Å²) in [5.74, 6) is 0.437. The number of benzene rings is 2. The second-order valence-corrected chi connectivity index (χ2v) is 8.89. The Morgan fingerprint density at radius 2 is 1.51 bits per heavy atom. The first kappa shape index (κ1) is 27.6. The van der Waals surface area contributed by atoms with Crippen molar-refractivity contribution in [3.63, 3.8) is 0 Å². The molecule has 0 aliphatic carbocycles. The number of nitrogens with one attached hydrogen (secondary N) is 3. The summed E-state index contributed by atoms with van der Waals surface area (Å²) in [5, 5.41) is 5.37. The predicted molar refractivity (Wildman–Crippen MR) is 132 cm³/mol. The van der Waals surface area contributed by atoms with E-state index < -0.39 is 22.0 Å². The van der Waals surface area contributed by atoms with Gasteiger partial charge in [-0.2, -0.15) is 0 Å². The van der Waals surface area contributed by atoms with E-state index in [-0.39, 0.29) is 17.8 Å². The van der Waals surface area contributed by atoms with E-state index in [2.05, 4.69) is 15.4 Å². The highest BCUT2D eigenvalue weighted by atomic mass is 32.2. The predicted octanol–water partition coefficient (Wildman–Crippen LogP) is 3.36. The van der Waals surface area contributed by atoms with E-state index in [9.17, 15) is 18.0 Å². The van der Waals surface area contributed by atoms with Gasteiger partial charge in [-0.15, -0.1) is 0 Å². The second kappa shape index (κ2) is 12.7. The third kappa shape index (κ3) is 8.25. The van der Waals surface area contributed by atoms with Gasteiger partial charge in [0.05, 0.1) is 38.9 Å². The first-order valence-corrected chi connectivity index (χ1v) is 12.8. The fourth-order valence-corrected chi connectivity index (χ4v) is 3.65. The topological polar surface area (TPSA) is 141 Å². The summed E-state index contributed by atoms with van der Waals surface area (Å²) < 4.78 is 47.3. The van der Waals surface area contributed by atoms with Crippen LogP contribution >= 0.6 is 0 Å². The van der Waals surface area contributed by atoms with Crippen molar-refractivity contribution in [2.45, 2.75) is 27.3 Å². The molecule has 0 bridgehead atoms. The van der Waals surface area contributed by atoms with Gasteiger partial charge in [0.2, 0.25) is 10.0 Å². The molecule has 2 aromatic rings. The van der Waals surface area contributed by atoms with Crippen LogP contribution in [0.4, 0.5) is 16.2 Å². The molecule has 0 radical (unpaired) electrons. The van der Waals surface area contributed by atoms with Crippen molar-refractivity contribution < 1.29 is 37.0 Å². The molecule has 0 aromatic heterocycles. The molecule has 0 aliphatic heterocycles. The lowest BCUT2D eigenvalue weighted by molar-refractivity contribution is 0.0596. The average molecular weight is 510 g/mol. The number of amides is 2. The van der Waals surface area contributed by atoms with E-state index in [0.29, 0.717) is 48.3 Å². The van der Waals surface area contributed by atoms with Gasteiger partial charge in [0.1, 0.15) is 22.8 Å². The van der Waals surface area contributed by atoms with Crippen LogP contribution in [0, 0.1) is 0 Å². The van der Waals surface area contributed by atoms with E-state index in [1.165, 1.54) is 19.2 Å². The van der Waals surface area contributed by atoms with Gasteiger partial charge in [-0.05, 0) is 45.0 Å². The Morgan fingerprint density at radius 3 is 2.11 bits per heavy atom. The number of esters is 1. The lowest BCUT2D eigenvalue weighted by atomic mass is 10.1. The number of hydrogen-bond acceptors (Lipinski definition) is 8. The zero-order chi connectivity index (χ0) is 26.0. The Labute approximate surface area is 205 Å². The molecular weight excluding hydrogens is 478 g/mol. The summed E-state index contributed by atoms with van der Waals surface area (Å²) in [6.07, 6.45) is 1.04. The quantitative estimate of drug-likeness (QED) is 0.370. The molecule has 2 rings (SSSR count). The lowest BCUT2D eigenvalue weighted by Crippen LogP contribution is -2.28. The van der Waals surface area contributed by atoms with Crippen molar-refractivity contribution in [1.82, 2.24) is 5.32 Å². The molecule has 35 heavy (non-hydrogen) atoms. The molecule has 0 atom stereocenters. The molecule has 3 N–H and O–H groups in total. The minimum atomic E-state index is -3.55. The van der Waals surface area contributed by atoms with Crippen LogP contribution in [-0.2, 0) is 21.3 Å². The van der Waals surface area contributed by atoms with E-state index >= 15 is 0 Å². The van der Waals surface area contributed by atoms with E-state index in [1.807, 2.05) is 0 Å². The van der Waals surface area contributed by atoms with Gasteiger partial charge in [-0.3, -0.25) is 4.72 Å². The van der Waals surface area contributed by atoms with Crippen LogP contribution in [-0.4, -0.2) is 53.6 Å². The molecular formula is C23H31N3O8S. The third-order valence-corrected chi connectivity index (χ3v) is 5.03. The third-order valence-electron chi connectivity index (χ3n) is 4.44. The fourth-order valence-electron chi connectivity index (χ4n) is 3.09. The van der Waals surface area contributed by atoms with Gasteiger partial charge < -0.3 is 29.6 Å². The molecule has 0 heterocycles. The first-order chi connectivity index (χ1) is 16.6. The minimum absolute atomic E-state index is 0.0568. The van der Waals surface area contributed by atoms with Crippen molar-refractivity contribution in [2.24, 2.45) is 0 Å². The molecule has 0 fully saturated rings. The summed E-state index contributed by atoms with van der Waals surface area (Å²) in [4.78, 5) is 24.6. The van der Waals surface area contributed by atoms with Crippen molar-refractivity contribution in [1.29, 1.82) is 0 Å². The number of methoxy groups -OCH3 is 1. The van der Waals surface area contributed by atoms with Crippen molar-refractivity contribution in [3.8, 4) is 17.2 Å². The summed E-state index contributed by atoms with van der Waals surface area (Å²) in [7, 11) is -2.29. The van der Waals surface area contributed by atoms with Gasteiger partial charge in [0, 0.05) is 23.9 Å². The molecule has 0 saturated carbocycles. The number of hydrogen-bond donors (Lipinski definition) is 3. The minimum Gasteiger partial charge on any atom is -0.493 e. The zero-order valence-electron chi connectivity index (χ0n) is 20.4. The normalized spacial score (nSPS) is 10.8. The Bertz CT molecular complexity index is 1150. The largest absolute Gasteiger partial charge is 0.493 e. The highest BCUT2D eigenvalue weighted by Crippen LogP contribution is 2.34. The molecule has 12 heteroatoms. The zero-order valence-corrected chi connectivity index (χ0v) is 21.2. The molecule has 0 spiro atoms. The van der Waals surface area contributed by atoms with E-state index in [1.54, 1.807) is 39.0 Å². The monoisotopic (exact) mass is 509 g/mol. The number of sulfonamides is 1. The number of carbonyl (C=O) groups excluding carboxylic acids is 2. The van der Waals surface area contributed by atoms with Crippen LogP contribution in [0.15, 0.2) is 30.3 Å². The van der Waals surface area contributed by atoms with Crippen molar-refractivity contribution in [3.05, 3.63) is 41.5 Å². The second-order valence-electron chi connectivity index (χ2n) is 7.14. The Hall–Kier alpha value is -3.67. The molecule has 0 unspecified atom stereocenters. The van der Waals surface area contributed by atoms with Crippen LogP contribution in [0.3, 0.4) is 0 Å². The van der Waals surface area contributed by atoms with Crippen molar-refractivity contribution >= 4 is 33.4 Å². The van der Waals surface area contributed by atoms with Crippen molar-refractivity contribution in [2.75, 3.05) is 43.2 Å². The maximum absolute atomic E-state index is 12.5. The maximum atomic E-state index is 12.5. The molecule has 2 amide bonds. The van der Waals surface area contributed by atoms with Crippen LogP contribution in [0.5, 0.6) is 17.2 Å². The van der Waals surface area contributed by atoms with E-state index in [0.717, 1.165) is 6.26 Å². The number of anilines is 2. The number of carbonyl (C=O) groups is 2.